The Bertz CT molecular complexity index is 881. The average molecular weight is 396 g/mol. The largest absolute Gasteiger partial charge is 0.370 e. The molecule has 2 saturated heterocycles. The van der Waals surface area contributed by atoms with Crippen molar-refractivity contribution in [3.8, 4) is 0 Å². The van der Waals surface area contributed by atoms with Crippen LogP contribution in [0.5, 0.6) is 0 Å². The van der Waals surface area contributed by atoms with Gasteiger partial charge >= 0.3 is 0 Å². The maximum absolute atomic E-state index is 13.0. The number of carbonyl (C=O) groups is 1. The first-order chi connectivity index (χ1) is 14.0. The van der Waals surface area contributed by atoms with Crippen LogP contribution < -0.4 is 10.2 Å². The zero-order chi connectivity index (χ0) is 20.4. The number of carbonyl (C=O) groups excluding carboxylic acids is 1. The number of para-hydroxylation sites is 1. The van der Waals surface area contributed by atoms with E-state index in [2.05, 4.69) is 35.1 Å². The Morgan fingerprint density at radius 1 is 1.17 bits per heavy atom. The van der Waals surface area contributed by atoms with Gasteiger partial charge in [0, 0.05) is 37.8 Å². The molecule has 1 amide bonds. The van der Waals surface area contributed by atoms with E-state index in [9.17, 15) is 4.79 Å². The van der Waals surface area contributed by atoms with Crippen molar-refractivity contribution in [2.45, 2.75) is 45.3 Å². The van der Waals surface area contributed by atoms with E-state index >= 15 is 0 Å². The Morgan fingerprint density at radius 2 is 1.90 bits per heavy atom. The number of rotatable bonds is 4. The number of hydrogen-bond acceptors (Lipinski definition) is 5. The number of hydrogen-bond donors (Lipinski definition) is 1. The van der Waals surface area contributed by atoms with Gasteiger partial charge in [-0.2, -0.15) is 0 Å². The molecule has 29 heavy (non-hydrogen) atoms. The van der Waals surface area contributed by atoms with Crippen LogP contribution in [-0.4, -0.2) is 43.0 Å². The summed E-state index contributed by atoms with van der Waals surface area (Å²) in [5, 5.41) is 3.11. The Morgan fingerprint density at radius 3 is 2.59 bits per heavy atom. The van der Waals surface area contributed by atoms with Gasteiger partial charge in [0.15, 0.2) is 5.79 Å². The number of amides is 1. The number of pyridine rings is 1. The third-order valence-electron chi connectivity index (χ3n) is 5.86. The summed E-state index contributed by atoms with van der Waals surface area (Å²) < 4.78 is 11.6. The molecule has 6 nitrogen and oxygen atoms in total. The van der Waals surface area contributed by atoms with Crippen molar-refractivity contribution in [3.63, 3.8) is 0 Å². The molecule has 0 bridgehead atoms. The van der Waals surface area contributed by atoms with E-state index < -0.39 is 5.79 Å². The predicted molar refractivity (Wildman–Crippen MR) is 114 cm³/mol. The number of aromatic nitrogens is 1. The van der Waals surface area contributed by atoms with Crippen LogP contribution in [0.25, 0.3) is 0 Å². The van der Waals surface area contributed by atoms with E-state index in [1.807, 2.05) is 31.3 Å². The summed E-state index contributed by atoms with van der Waals surface area (Å²) in [4.78, 5) is 19.5. The van der Waals surface area contributed by atoms with Crippen LogP contribution in [0.3, 0.4) is 0 Å². The third kappa shape index (κ3) is 4.14. The molecule has 154 valence electrons. The van der Waals surface area contributed by atoms with Crippen molar-refractivity contribution in [2.75, 3.05) is 36.5 Å². The van der Waals surface area contributed by atoms with Gasteiger partial charge in [-0.1, -0.05) is 32.0 Å². The minimum Gasteiger partial charge on any atom is -0.370 e. The van der Waals surface area contributed by atoms with Crippen LogP contribution in [0.4, 0.5) is 11.4 Å². The summed E-state index contributed by atoms with van der Waals surface area (Å²) in [6.07, 6.45) is 5.09. The topological polar surface area (TPSA) is 63.7 Å². The van der Waals surface area contributed by atoms with Crippen molar-refractivity contribution < 1.29 is 14.3 Å². The first kappa shape index (κ1) is 19.9. The normalized spacial score (nSPS) is 18.4. The highest BCUT2D eigenvalue weighted by Crippen LogP contribution is 2.33. The second-order valence-corrected chi connectivity index (χ2v) is 8.17. The molecule has 1 aromatic carbocycles. The number of piperidine rings is 1. The molecule has 3 heterocycles. The van der Waals surface area contributed by atoms with Gasteiger partial charge in [0.1, 0.15) is 0 Å². The van der Waals surface area contributed by atoms with Gasteiger partial charge in [0.2, 0.25) is 0 Å². The lowest BCUT2D eigenvalue weighted by atomic mass is 9.98. The van der Waals surface area contributed by atoms with Crippen molar-refractivity contribution >= 4 is 17.3 Å². The Labute approximate surface area is 172 Å². The first-order valence-electron chi connectivity index (χ1n) is 10.4. The first-order valence-corrected chi connectivity index (χ1v) is 10.4. The lowest BCUT2D eigenvalue weighted by Gasteiger charge is -2.38. The monoisotopic (exact) mass is 395 g/mol. The highest BCUT2D eigenvalue weighted by Gasteiger charge is 2.39. The molecule has 2 aliphatic heterocycles. The van der Waals surface area contributed by atoms with Crippen molar-refractivity contribution in [1.82, 2.24) is 4.98 Å². The van der Waals surface area contributed by atoms with Crippen molar-refractivity contribution in [2.24, 2.45) is 0 Å². The van der Waals surface area contributed by atoms with Crippen LogP contribution in [0.2, 0.25) is 0 Å². The smallest absolute Gasteiger partial charge is 0.257 e. The number of benzene rings is 1. The number of ether oxygens (including phenoxy) is 2. The molecule has 2 fully saturated rings. The summed E-state index contributed by atoms with van der Waals surface area (Å²) in [7, 11) is 0. The van der Waals surface area contributed by atoms with Crippen LogP contribution in [0, 0.1) is 6.92 Å². The summed E-state index contributed by atoms with van der Waals surface area (Å²) in [6.45, 7) is 9.28. The van der Waals surface area contributed by atoms with Crippen molar-refractivity contribution in [1.29, 1.82) is 0 Å². The summed E-state index contributed by atoms with van der Waals surface area (Å²) in [5.41, 5.74) is 4.62. The fourth-order valence-electron chi connectivity index (χ4n) is 4.14. The van der Waals surface area contributed by atoms with E-state index in [0.717, 1.165) is 48.4 Å². The lowest BCUT2D eigenvalue weighted by molar-refractivity contribution is -0.169. The molecule has 1 spiro atoms. The standard InChI is InChI=1S/C23H29N3O3/c1-16(2)20-6-4-5-17(3)21(20)25-22(27)18-13-19(15-24-14-18)26-9-7-23(8-10-26)28-11-12-29-23/h4-6,13-16H,7-12H2,1-3H3,(H,25,27). The van der Waals surface area contributed by atoms with E-state index in [-0.39, 0.29) is 5.91 Å². The number of nitrogens with one attached hydrogen (secondary N) is 1. The van der Waals surface area contributed by atoms with E-state index in [4.69, 9.17) is 9.47 Å². The molecule has 6 heteroatoms. The van der Waals surface area contributed by atoms with Gasteiger partial charge in [-0.05, 0) is 30.0 Å². The van der Waals surface area contributed by atoms with E-state index in [1.54, 1.807) is 6.20 Å². The minimum absolute atomic E-state index is 0.133. The molecule has 1 N–H and O–H groups in total. The lowest BCUT2D eigenvalue weighted by Crippen LogP contribution is -2.45. The van der Waals surface area contributed by atoms with Crippen LogP contribution in [0.1, 0.15) is 54.1 Å². The quantitative estimate of drug-likeness (QED) is 0.844. The molecule has 2 aliphatic rings. The van der Waals surface area contributed by atoms with Gasteiger partial charge in [0.05, 0.1) is 30.7 Å². The van der Waals surface area contributed by atoms with Gasteiger partial charge < -0.3 is 19.7 Å². The molecule has 0 unspecified atom stereocenters. The fourth-order valence-corrected chi connectivity index (χ4v) is 4.14. The van der Waals surface area contributed by atoms with Gasteiger partial charge in [-0.25, -0.2) is 0 Å². The zero-order valence-electron chi connectivity index (χ0n) is 17.4. The third-order valence-corrected chi connectivity index (χ3v) is 5.86. The highest BCUT2D eigenvalue weighted by atomic mass is 16.7. The predicted octanol–water partition coefficient (Wildman–Crippen LogP) is 4.11. The van der Waals surface area contributed by atoms with Gasteiger partial charge in [-0.3, -0.25) is 9.78 Å². The zero-order valence-corrected chi connectivity index (χ0v) is 17.4. The molecule has 0 atom stereocenters. The fraction of sp³-hybridized carbons (Fsp3) is 0.478. The number of aryl methyl sites for hydroxylation is 1. The van der Waals surface area contributed by atoms with Crippen molar-refractivity contribution in [3.05, 3.63) is 53.3 Å². The van der Waals surface area contributed by atoms with Gasteiger partial charge in [0.25, 0.3) is 5.91 Å². The maximum Gasteiger partial charge on any atom is 0.257 e. The number of nitrogens with zero attached hydrogens (tertiary/aromatic N) is 2. The molecule has 0 radical (unpaired) electrons. The Kier molecular flexibility index (Phi) is 5.56. The summed E-state index contributed by atoms with van der Waals surface area (Å²) in [5.74, 6) is -0.210. The Balaban J connectivity index is 1.49. The van der Waals surface area contributed by atoms with E-state index in [1.165, 1.54) is 0 Å². The molecule has 2 aromatic rings. The van der Waals surface area contributed by atoms with Crippen LogP contribution in [-0.2, 0) is 9.47 Å². The van der Waals surface area contributed by atoms with Gasteiger partial charge in [-0.15, -0.1) is 0 Å². The minimum atomic E-state index is -0.406. The molecule has 0 aliphatic carbocycles. The average Bonchev–Trinajstić information content (AvgIpc) is 3.18. The molecule has 0 saturated carbocycles. The Hall–Kier alpha value is -2.44. The molecular formula is C23H29N3O3. The second kappa shape index (κ2) is 8.13. The maximum atomic E-state index is 13.0. The van der Waals surface area contributed by atoms with E-state index in [0.29, 0.717) is 24.7 Å². The number of anilines is 2. The SMILES string of the molecule is Cc1cccc(C(C)C)c1NC(=O)c1cncc(N2CCC3(CC2)OCCO3)c1. The molecular weight excluding hydrogens is 366 g/mol. The molecule has 4 rings (SSSR count). The summed E-state index contributed by atoms with van der Waals surface area (Å²) in [6, 6.07) is 8.04. The second-order valence-electron chi connectivity index (χ2n) is 8.17. The highest BCUT2D eigenvalue weighted by molar-refractivity contribution is 6.05. The summed E-state index contributed by atoms with van der Waals surface area (Å²) >= 11 is 0. The molecule has 1 aromatic heterocycles. The van der Waals surface area contributed by atoms with Crippen LogP contribution >= 0.6 is 0 Å². The van der Waals surface area contributed by atoms with Crippen LogP contribution in [0.15, 0.2) is 36.7 Å².